The average Bonchev–Trinajstić information content (AvgIpc) is 3.24. The highest BCUT2D eigenvalue weighted by atomic mass is 32.1. The Morgan fingerprint density at radius 3 is 2.59 bits per heavy atom. The Hall–Kier alpha value is -1.99. The average molecular weight is 414 g/mol. The molecule has 0 aliphatic carbocycles. The molecule has 6 nitrogen and oxygen atoms in total. The molecule has 2 aliphatic rings. The highest BCUT2D eigenvalue weighted by Crippen LogP contribution is 2.25. The molecule has 1 aromatic heterocycles. The fraction of sp³-hybridized carbons (Fsp3) is 0.591. The molecule has 2 saturated heterocycles. The van der Waals surface area contributed by atoms with Gasteiger partial charge in [-0.2, -0.15) is 4.37 Å². The number of hydrogen-bond acceptors (Lipinski definition) is 6. The van der Waals surface area contributed by atoms with Crippen molar-refractivity contribution in [2.75, 3.05) is 44.2 Å². The van der Waals surface area contributed by atoms with E-state index in [0.717, 1.165) is 56.4 Å². The molecular weight excluding hydrogens is 382 g/mol. The molecule has 4 rings (SSSR count). The summed E-state index contributed by atoms with van der Waals surface area (Å²) in [6, 6.07) is 10.3. The molecule has 2 aliphatic heterocycles. The lowest BCUT2D eigenvalue weighted by atomic mass is 9.96. The predicted octanol–water partition coefficient (Wildman–Crippen LogP) is 2.95. The zero-order valence-electron chi connectivity index (χ0n) is 17.1. The van der Waals surface area contributed by atoms with Gasteiger partial charge in [-0.05, 0) is 44.3 Å². The van der Waals surface area contributed by atoms with Gasteiger partial charge in [-0.25, -0.2) is 4.98 Å². The van der Waals surface area contributed by atoms with Crippen LogP contribution in [0.1, 0.15) is 43.5 Å². The number of nitrogens with one attached hydrogen (secondary N) is 1. The Bertz CT molecular complexity index is 767. The Balaban J connectivity index is 1.19. The van der Waals surface area contributed by atoms with Gasteiger partial charge in [0, 0.05) is 50.1 Å². The van der Waals surface area contributed by atoms with Gasteiger partial charge in [0.25, 0.3) is 0 Å². The molecule has 2 fully saturated rings. The Kier molecular flexibility index (Phi) is 7.11. The molecule has 1 amide bonds. The number of amides is 1. The summed E-state index contributed by atoms with van der Waals surface area (Å²) < 4.78 is 4.53. The maximum absolute atomic E-state index is 12.5. The van der Waals surface area contributed by atoms with Gasteiger partial charge in [0.15, 0.2) is 0 Å². The number of likely N-dealkylation sites (tertiary alicyclic amines) is 1. The molecule has 2 aromatic rings. The third-order valence-electron chi connectivity index (χ3n) is 5.97. The SMILES string of the molecule is O=C(NCCN1CCCCC1)C1CCN(c2nc(Cc3ccccc3)ns2)CC1. The van der Waals surface area contributed by atoms with Gasteiger partial charge in [-0.15, -0.1) is 0 Å². The Morgan fingerprint density at radius 1 is 1.07 bits per heavy atom. The van der Waals surface area contributed by atoms with Crippen LogP contribution < -0.4 is 10.2 Å². The topological polar surface area (TPSA) is 61.4 Å². The van der Waals surface area contributed by atoms with Crippen molar-refractivity contribution in [3.05, 3.63) is 41.7 Å². The molecule has 7 heteroatoms. The second kappa shape index (κ2) is 10.2. The number of anilines is 1. The summed E-state index contributed by atoms with van der Waals surface area (Å²) in [4.78, 5) is 22.0. The lowest BCUT2D eigenvalue weighted by Crippen LogP contribution is -2.43. The normalized spacial score (nSPS) is 18.7. The minimum Gasteiger partial charge on any atom is -0.355 e. The molecule has 29 heavy (non-hydrogen) atoms. The molecule has 3 heterocycles. The van der Waals surface area contributed by atoms with Gasteiger partial charge in [0.1, 0.15) is 5.82 Å². The van der Waals surface area contributed by atoms with E-state index in [9.17, 15) is 4.79 Å². The van der Waals surface area contributed by atoms with Crippen LogP contribution in [0.15, 0.2) is 30.3 Å². The minimum absolute atomic E-state index is 0.129. The summed E-state index contributed by atoms with van der Waals surface area (Å²) in [5.74, 6) is 1.24. The molecule has 156 valence electrons. The standard InChI is InChI=1S/C22H31N5OS/c28-21(23-11-16-26-12-5-2-6-13-26)19-9-14-27(15-10-19)22-24-20(25-29-22)17-18-7-3-1-4-8-18/h1,3-4,7-8,19H,2,5-6,9-17H2,(H,23,28). The van der Waals surface area contributed by atoms with E-state index in [0.29, 0.717) is 0 Å². The Labute approximate surface area is 177 Å². The predicted molar refractivity (Wildman–Crippen MR) is 117 cm³/mol. The largest absolute Gasteiger partial charge is 0.355 e. The number of carbonyl (C=O) groups excluding carboxylic acids is 1. The second-order valence-electron chi connectivity index (χ2n) is 8.11. The summed E-state index contributed by atoms with van der Waals surface area (Å²) in [5.41, 5.74) is 1.23. The molecule has 1 N–H and O–H groups in total. The number of rotatable bonds is 7. The number of aromatic nitrogens is 2. The van der Waals surface area contributed by atoms with Gasteiger partial charge in [0.05, 0.1) is 0 Å². The van der Waals surface area contributed by atoms with Crippen LogP contribution in [0.4, 0.5) is 5.13 Å². The third-order valence-corrected chi connectivity index (χ3v) is 6.79. The maximum atomic E-state index is 12.5. The summed E-state index contributed by atoms with van der Waals surface area (Å²) in [6.07, 6.45) is 6.50. The smallest absolute Gasteiger partial charge is 0.223 e. The number of benzene rings is 1. The number of hydrogen-bond donors (Lipinski definition) is 1. The van der Waals surface area contributed by atoms with E-state index in [4.69, 9.17) is 4.98 Å². The van der Waals surface area contributed by atoms with Crippen molar-refractivity contribution in [3.63, 3.8) is 0 Å². The molecule has 0 saturated carbocycles. The molecular formula is C22H31N5OS. The Morgan fingerprint density at radius 2 is 1.83 bits per heavy atom. The van der Waals surface area contributed by atoms with Crippen molar-refractivity contribution >= 4 is 22.6 Å². The van der Waals surface area contributed by atoms with Crippen LogP contribution in [0.3, 0.4) is 0 Å². The summed E-state index contributed by atoms with van der Waals surface area (Å²) >= 11 is 1.47. The van der Waals surface area contributed by atoms with Crippen LogP contribution in [-0.4, -0.2) is 59.4 Å². The molecule has 0 spiro atoms. The molecule has 1 aromatic carbocycles. The van der Waals surface area contributed by atoms with E-state index in [-0.39, 0.29) is 11.8 Å². The van der Waals surface area contributed by atoms with Crippen LogP contribution in [0.25, 0.3) is 0 Å². The number of piperidine rings is 2. The van der Waals surface area contributed by atoms with E-state index >= 15 is 0 Å². The van der Waals surface area contributed by atoms with E-state index in [2.05, 4.69) is 31.6 Å². The van der Waals surface area contributed by atoms with Gasteiger partial charge >= 0.3 is 0 Å². The van der Waals surface area contributed by atoms with Crippen molar-refractivity contribution in [3.8, 4) is 0 Å². The van der Waals surface area contributed by atoms with Crippen LogP contribution >= 0.6 is 11.5 Å². The highest BCUT2D eigenvalue weighted by Gasteiger charge is 2.26. The van der Waals surface area contributed by atoms with Crippen molar-refractivity contribution in [2.45, 2.75) is 38.5 Å². The van der Waals surface area contributed by atoms with E-state index < -0.39 is 0 Å². The quantitative estimate of drug-likeness (QED) is 0.756. The summed E-state index contributed by atoms with van der Waals surface area (Å²) in [7, 11) is 0. The monoisotopic (exact) mass is 413 g/mol. The van der Waals surface area contributed by atoms with Crippen molar-refractivity contribution in [1.82, 2.24) is 19.6 Å². The lowest BCUT2D eigenvalue weighted by molar-refractivity contribution is -0.125. The van der Waals surface area contributed by atoms with Crippen molar-refractivity contribution in [1.29, 1.82) is 0 Å². The number of nitrogens with zero attached hydrogens (tertiary/aromatic N) is 4. The highest BCUT2D eigenvalue weighted by molar-refractivity contribution is 7.09. The molecule has 0 unspecified atom stereocenters. The molecule has 0 radical (unpaired) electrons. The van der Waals surface area contributed by atoms with Gasteiger partial charge in [0.2, 0.25) is 11.0 Å². The van der Waals surface area contributed by atoms with E-state index in [1.165, 1.54) is 49.4 Å². The first-order valence-electron chi connectivity index (χ1n) is 10.9. The van der Waals surface area contributed by atoms with Gasteiger partial charge in [-0.1, -0.05) is 36.8 Å². The van der Waals surface area contributed by atoms with Crippen LogP contribution in [0, 0.1) is 5.92 Å². The fourth-order valence-corrected chi connectivity index (χ4v) is 4.96. The third kappa shape index (κ3) is 5.76. The van der Waals surface area contributed by atoms with E-state index in [1.54, 1.807) is 0 Å². The van der Waals surface area contributed by atoms with Crippen molar-refractivity contribution in [2.24, 2.45) is 5.92 Å². The zero-order chi connectivity index (χ0) is 19.9. The fourth-order valence-electron chi connectivity index (χ4n) is 4.22. The molecule has 0 atom stereocenters. The van der Waals surface area contributed by atoms with Gasteiger partial charge in [-0.3, -0.25) is 4.79 Å². The van der Waals surface area contributed by atoms with Crippen LogP contribution in [0.5, 0.6) is 0 Å². The van der Waals surface area contributed by atoms with Gasteiger partial charge < -0.3 is 15.1 Å². The van der Waals surface area contributed by atoms with Crippen molar-refractivity contribution < 1.29 is 4.79 Å². The minimum atomic E-state index is 0.129. The summed E-state index contributed by atoms with van der Waals surface area (Å²) in [6.45, 7) is 5.89. The second-order valence-corrected chi connectivity index (χ2v) is 8.84. The first-order chi connectivity index (χ1) is 14.3. The van der Waals surface area contributed by atoms with Crippen LogP contribution in [0.2, 0.25) is 0 Å². The van der Waals surface area contributed by atoms with Crippen LogP contribution in [-0.2, 0) is 11.2 Å². The van der Waals surface area contributed by atoms with E-state index in [1.807, 2.05) is 18.2 Å². The molecule has 0 bridgehead atoms. The number of carbonyl (C=O) groups is 1. The lowest BCUT2D eigenvalue weighted by Gasteiger charge is -2.31. The maximum Gasteiger partial charge on any atom is 0.223 e. The first-order valence-corrected chi connectivity index (χ1v) is 11.7. The zero-order valence-corrected chi connectivity index (χ0v) is 17.9. The first kappa shape index (κ1) is 20.3. The summed E-state index contributed by atoms with van der Waals surface area (Å²) in [5, 5.41) is 4.15.